The first kappa shape index (κ1) is 30.3. The maximum absolute atomic E-state index is 12.6. The topological polar surface area (TPSA) is 123 Å². The molecule has 0 heterocycles. The van der Waals surface area contributed by atoms with Gasteiger partial charge in [0, 0.05) is 63.7 Å². The van der Waals surface area contributed by atoms with Gasteiger partial charge in [-0.25, -0.2) is 0 Å². The number of hydrogen-bond acceptors (Lipinski definition) is 6. The van der Waals surface area contributed by atoms with Crippen LogP contribution in [0, 0.1) is 0 Å². The van der Waals surface area contributed by atoms with Crippen molar-refractivity contribution in [3.63, 3.8) is 0 Å². The van der Waals surface area contributed by atoms with Gasteiger partial charge in [0.2, 0.25) is 17.7 Å². The molecule has 0 aromatic heterocycles. The first-order chi connectivity index (χ1) is 15.1. The van der Waals surface area contributed by atoms with Crippen molar-refractivity contribution in [1.82, 2.24) is 31.9 Å². The van der Waals surface area contributed by atoms with Crippen molar-refractivity contribution >= 4 is 17.7 Å². The van der Waals surface area contributed by atoms with Gasteiger partial charge in [-0.2, -0.15) is 0 Å². The normalized spacial score (nSPS) is 12.3. The smallest absolute Gasteiger partial charge is 0.242 e. The summed E-state index contributed by atoms with van der Waals surface area (Å²) in [5, 5.41) is 18.4. The largest absolute Gasteiger partial charge is 0.356 e. The van der Waals surface area contributed by atoms with Crippen molar-refractivity contribution in [3.8, 4) is 0 Å². The fourth-order valence-corrected chi connectivity index (χ4v) is 2.94. The van der Waals surface area contributed by atoms with Crippen molar-refractivity contribution in [2.24, 2.45) is 0 Å². The Hall–Kier alpha value is -1.71. The highest BCUT2D eigenvalue weighted by molar-refractivity contribution is 5.87. The van der Waals surface area contributed by atoms with Gasteiger partial charge in [0.25, 0.3) is 0 Å². The third kappa shape index (κ3) is 19.0. The van der Waals surface area contributed by atoms with Crippen LogP contribution in [0.4, 0.5) is 0 Å². The van der Waals surface area contributed by atoms with Crippen LogP contribution in [0.1, 0.15) is 73.6 Å². The Balaban J connectivity index is 4.37. The van der Waals surface area contributed by atoms with Gasteiger partial charge < -0.3 is 31.9 Å². The van der Waals surface area contributed by atoms with E-state index in [2.05, 4.69) is 45.7 Å². The Labute approximate surface area is 195 Å². The molecule has 0 fully saturated rings. The lowest BCUT2D eigenvalue weighted by atomic mass is 10.1. The van der Waals surface area contributed by atoms with E-state index in [1.54, 1.807) is 0 Å². The van der Waals surface area contributed by atoms with Gasteiger partial charge in [-0.1, -0.05) is 41.5 Å². The van der Waals surface area contributed by atoms with E-state index in [1.807, 2.05) is 27.7 Å². The summed E-state index contributed by atoms with van der Waals surface area (Å²) < 4.78 is 0. The zero-order valence-corrected chi connectivity index (χ0v) is 21.1. The molecule has 0 aliphatic rings. The quantitative estimate of drug-likeness (QED) is 0.159. The number of unbranched alkanes of at least 4 members (excludes halogenated alkanes) is 1. The number of nitrogens with one attached hydrogen (secondary N) is 6. The Kier molecular flexibility index (Phi) is 17.8. The molecule has 0 aliphatic carbocycles. The van der Waals surface area contributed by atoms with Crippen LogP contribution in [-0.2, 0) is 14.4 Å². The standard InChI is InChI=1S/C23H48N6O3/c1-17(2)24-13-10-21(30)27-12-8-7-9-20(23(32)28-16-15-26-19(5)6)29-22(31)11-14-25-18(3)4/h17-20,24-26H,7-16H2,1-6H3,(H,27,30)(H,28,32)(H,29,31). The summed E-state index contributed by atoms with van der Waals surface area (Å²) in [4.78, 5) is 36.7. The Morgan fingerprint density at radius 3 is 1.69 bits per heavy atom. The SMILES string of the molecule is CC(C)NCCNC(=O)C(CCCCNC(=O)CCNC(C)C)NC(=O)CCNC(C)C. The lowest BCUT2D eigenvalue weighted by molar-refractivity contribution is -0.129. The molecule has 0 aliphatic heterocycles. The summed E-state index contributed by atoms with van der Waals surface area (Å²) in [6, 6.07) is 0.467. The Morgan fingerprint density at radius 1 is 0.594 bits per heavy atom. The van der Waals surface area contributed by atoms with Crippen LogP contribution in [0.15, 0.2) is 0 Å². The molecule has 0 rings (SSSR count). The molecule has 9 nitrogen and oxygen atoms in total. The second kappa shape index (κ2) is 18.8. The molecule has 0 aromatic rings. The summed E-state index contributed by atoms with van der Waals surface area (Å²) in [5.41, 5.74) is 0. The van der Waals surface area contributed by atoms with Crippen LogP contribution >= 0.6 is 0 Å². The highest BCUT2D eigenvalue weighted by atomic mass is 16.2. The molecule has 9 heteroatoms. The molecule has 32 heavy (non-hydrogen) atoms. The molecule has 188 valence electrons. The van der Waals surface area contributed by atoms with E-state index in [0.29, 0.717) is 70.1 Å². The first-order valence-corrected chi connectivity index (χ1v) is 12.2. The van der Waals surface area contributed by atoms with Gasteiger partial charge in [-0.3, -0.25) is 14.4 Å². The van der Waals surface area contributed by atoms with Crippen LogP contribution in [0.3, 0.4) is 0 Å². The van der Waals surface area contributed by atoms with E-state index in [9.17, 15) is 14.4 Å². The molecular formula is C23H48N6O3. The van der Waals surface area contributed by atoms with Crippen molar-refractivity contribution in [2.45, 2.75) is 97.8 Å². The molecule has 6 N–H and O–H groups in total. The van der Waals surface area contributed by atoms with E-state index < -0.39 is 6.04 Å². The lowest BCUT2D eigenvalue weighted by Crippen LogP contribution is -2.48. The van der Waals surface area contributed by atoms with E-state index >= 15 is 0 Å². The van der Waals surface area contributed by atoms with Gasteiger partial charge in [-0.15, -0.1) is 0 Å². The Bertz CT molecular complexity index is 526. The number of amides is 3. The highest BCUT2D eigenvalue weighted by Crippen LogP contribution is 2.02. The van der Waals surface area contributed by atoms with Gasteiger partial charge >= 0.3 is 0 Å². The average Bonchev–Trinajstić information content (AvgIpc) is 2.69. The van der Waals surface area contributed by atoms with Crippen LogP contribution in [0.2, 0.25) is 0 Å². The maximum Gasteiger partial charge on any atom is 0.242 e. The third-order valence-electron chi connectivity index (χ3n) is 4.68. The van der Waals surface area contributed by atoms with Crippen molar-refractivity contribution in [2.75, 3.05) is 32.7 Å². The number of carbonyl (C=O) groups excluding carboxylic acids is 3. The molecule has 0 aromatic carbocycles. The minimum absolute atomic E-state index is 0.0241. The molecule has 0 spiro atoms. The van der Waals surface area contributed by atoms with Crippen LogP contribution in [0.5, 0.6) is 0 Å². The van der Waals surface area contributed by atoms with Gasteiger partial charge in [0.15, 0.2) is 0 Å². The summed E-state index contributed by atoms with van der Waals surface area (Å²) in [6.07, 6.45) is 2.81. The van der Waals surface area contributed by atoms with Gasteiger partial charge in [0.05, 0.1) is 0 Å². The highest BCUT2D eigenvalue weighted by Gasteiger charge is 2.20. The lowest BCUT2D eigenvalue weighted by Gasteiger charge is -2.19. The predicted molar refractivity (Wildman–Crippen MR) is 130 cm³/mol. The van der Waals surface area contributed by atoms with Crippen molar-refractivity contribution in [1.29, 1.82) is 0 Å². The Morgan fingerprint density at radius 2 is 1.12 bits per heavy atom. The van der Waals surface area contributed by atoms with E-state index in [0.717, 1.165) is 12.8 Å². The molecule has 0 bridgehead atoms. The fraction of sp³-hybridized carbons (Fsp3) is 0.870. The first-order valence-electron chi connectivity index (χ1n) is 12.2. The summed E-state index contributed by atoms with van der Waals surface area (Å²) in [6.45, 7) is 15.3. The molecule has 0 saturated heterocycles. The number of carbonyl (C=O) groups is 3. The van der Waals surface area contributed by atoms with Crippen molar-refractivity contribution in [3.05, 3.63) is 0 Å². The van der Waals surface area contributed by atoms with E-state index in [-0.39, 0.29) is 17.7 Å². The molecule has 3 amide bonds. The summed E-state index contributed by atoms with van der Waals surface area (Å²) in [5.74, 6) is -0.273. The van der Waals surface area contributed by atoms with Gasteiger partial charge in [0.1, 0.15) is 6.04 Å². The maximum atomic E-state index is 12.6. The number of rotatable bonds is 19. The third-order valence-corrected chi connectivity index (χ3v) is 4.68. The summed E-state index contributed by atoms with van der Waals surface area (Å²) in [7, 11) is 0. The monoisotopic (exact) mass is 456 g/mol. The minimum Gasteiger partial charge on any atom is -0.356 e. The molecule has 0 saturated carbocycles. The van der Waals surface area contributed by atoms with Crippen LogP contribution in [-0.4, -0.2) is 74.6 Å². The van der Waals surface area contributed by atoms with Gasteiger partial charge in [-0.05, 0) is 19.3 Å². The zero-order chi connectivity index (χ0) is 24.4. The number of hydrogen-bond donors (Lipinski definition) is 6. The molecule has 0 radical (unpaired) electrons. The summed E-state index contributed by atoms with van der Waals surface area (Å²) >= 11 is 0. The average molecular weight is 457 g/mol. The van der Waals surface area contributed by atoms with Crippen LogP contribution in [0.25, 0.3) is 0 Å². The molecule has 1 unspecified atom stereocenters. The molecule has 1 atom stereocenters. The van der Waals surface area contributed by atoms with Crippen LogP contribution < -0.4 is 31.9 Å². The second-order valence-corrected chi connectivity index (χ2v) is 9.08. The zero-order valence-electron chi connectivity index (χ0n) is 21.1. The second-order valence-electron chi connectivity index (χ2n) is 9.08. The fourth-order valence-electron chi connectivity index (χ4n) is 2.94. The minimum atomic E-state index is -0.563. The van der Waals surface area contributed by atoms with E-state index in [1.165, 1.54) is 0 Å². The molecular weight excluding hydrogens is 408 g/mol. The van der Waals surface area contributed by atoms with E-state index in [4.69, 9.17) is 0 Å². The van der Waals surface area contributed by atoms with Crippen molar-refractivity contribution < 1.29 is 14.4 Å². The predicted octanol–water partition coefficient (Wildman–Crippen LogP) is 0.648.